The van der Waals surface area contributed by atoms with Crippen LogP contribution in [0, 0.1) is 11.7 Å². The molecule has 0 aromatic heterocycles. The van der Waals surface area contributed by atoms with E-state index in [4.69, 9.17) is 0 Å². The van der Waals surface area contributed by atoms with Crippen LogP contribution in [0.2, 0.25) is 0 Å². The summed E-state index contributed by atoms with van der Waals surface area (Å²) in [5, 5.41) is 3.16. The van der Waals surface area contributed by atoms with E-state index in [1.54, 1.807) is 6.07 Å². The fraction of sp³-hybridized carbons (Fsp3) is 0.571. The third-order valence-corrected chi connectivity index (χ3v) is 2.94. The van der Waals surface area contributed by atoms with Gasteiger partial charge in [0.1, 0.15) is 5.82 Å². The third kappa shape index (κ3) is 3.70. The number of hydrogen-bond donors (Lipinski definition) is 1. The van der Waals surface area contributed by atoms with Gasteiger partial charge in [0.25, 0.3) is 0 Å². The zero-order chi connectivity index (χ0) is 13.0. The molecule has 0 fully saturated rings. The third-order valence-electron chi connectivity index (χ3n) is 2.94. The van der Waals surface area contributed by atoms with E-state index in [0.29, 0.717) is 5.92 Å². The molecule has 2 nitrogen and oxygen atoms in total. The van der Waals surface area contributed by atoms with Crippen LogP contribution in [0.15, 0.2) is 18.2 Å². The first kappa shape index (κ1) is 14.0. The lowest BCUT2D eigenvalue weighted by Gasteiger charge is -2.26. The number of benzene rings is 1. The predicted molar refractivity (Wildman–Crippen MR) is 72.0 cm³/mol. The molecule has 1 atom stereocenters. The van der Waals surface area contributed by atoms with Crippen LogP contribution in [0.25, 0.3) is 0 Å². The Balaban J connectivity index is 3.05. The molecule has 1 unspecified atom stereocenters. The van der Waals surface area contributed by atoms with Crippen molar-refractivity contribution in [3.8, 4) is 0 Å². The van der Waals surface area contributed by atoms with Crippen LogP contribution in [-0.2, 0) is 0 Å². The molecule has 1 aromatic carbocycles. The van der Waals surface area contributed by atoms with Crippen LogP contribution in [0.4, 0.5) is 10.1 Å². The average molecular weight is 238 g/mol. The van der Waals surface area contributed by atoms with Crippen molar-refractivity contribution in [3.63, 3.8) is 0 Å². The van der Waals surface area contributed by atoms with Gasteiger partial charge in [-0.3, -0.25) is 0 Å². The monoisotopic (exact) mass is 238 g/mol. The van der Waals surface area contributed by atoms with Gasteiger partial charge in [0.2, 0.25) is 0 Å². The normalized spacial score (nSPS) is 12.9. The van der Waals surface area contributed by atoms with Gasteiger partial charge in [-0.2, -0.15) is 0 Å². The molecule has 0 spiro atoms. The van der Waals surface area contributed by atoms with Gasteiger partial charge in [-0.25, -0.2) is 4.39 Å². The second-order valence-electron chi connectivity index (χ2n) is 4.99. The summed E-state index contributed by atoms with van der Waals surface area (Å²) in [7, 11) is 3.95. The van der Waals surface area contributed by atoms with Gasteiger partial charge < -0.3 is 10.2 Å². The van der Waals surface area contributed by atoms with Crippen molar-refractivity contribution in [1.29, 1.82) is 0 Å². The SMILES string of the molecule is CNC(C)c1cc(F)ccc1N(C)CC(C)C. The van der Waals surface area contributed by atoms with Crippen LogP contribution in [-0.4, -0.2) is 20.6 Å². The molecule has 0 radical (unpaired) electrons. The van der Waals surface area contributed by atoms with Gasteiger partial charge in [-0.15, -0.1) is 0 Å². The van der Waals surface area contributed by atoms with Crippen molar-refractivity contribution in [2.45, 2.75) is 26.8 Å². The minimum absolute atomic E-state index is 0.148. The van der Waals surface area contributed by atoms with Crippen molar-refractivity contribution in [2.24, 2.45) is 5.92 Å². The lowest BCUT2D eigenvalue weighted by Crippen LogP contribution is -2.25. The van der Waals surface area contributed by atoms with Crippen molar-refractivity contribution in [3.05, 3.63) is 29.6 Å². The molecule has 0 heterocycles. The smallest absolute Gasteiger partial charge is 0.123 e. The van der Waals surface area contributed by atoms with Gasteiger partial charge in [0.05, 0.1) is 0 Å². The van der Waals surface area contributed by atoms with Crippen molar-refractivity contribution in [2.75, 3.05) is 25.5 Å². The Hall–Kier alpha value is -1.09. The molecule has 17 heavy (non-hydrogen) atoms. The molecule has 0 aliphatic rings. The Morgan fingerprint density at radius 1 is 1.29 bits per heavy atom. The Bertz CT molecular complexity index is 363. The van der Waals surface area contributed by atoms with Crippen molar-refractivity contribution in [1.82, 2.24) is 5.32 Å². The van der Waals surface area contributed by atoms with Crippen LogP contribution >= 0.6 is 0 Å². The van der Waals surface area contributed by atoms with Gasteiger partial charge in [-0.05, 0) is 43.7 Å². The Morgan fingerprint density at radius 2 is 1.94 bits per heavy atom. The fourth-order valence-corrected chi connectivity index (χ4v) is 2.02. The molecule has 0 aliphatic heterocycles. The second kappa shape index (κ2) is 6.01. The zero-order valence-corrected chi connectivity index (χ0v) is 11.4. The summed E-state index contributed by atoms with van der Waals surface area (Å²) in [4.78, 5) is 2.19. The van der Waals surface area contributed by atoms with Crippen molar-refractivity contribution >= 4 is 5.69 Å². The number of rotatable bonds is 5. The van der Waals surface area contributed by atoms with Gasteiger partial charge in [-0.1, -0.05) is 13.8 Å². The maximum atomic E-state index is 13.3. The molecule has 3 heteroatoms. The summed E-state index contributed by atoms with van der Waals surface area (Å²) in [6.45, 7) is 7.37. The van der Waals surface area contributed by atoms with Crippen molar-refractivity contribution < 1.29 is 4.39 Å². The number of nitrogens with one attached hydrogen (secondary N) is 1. The average Bonchev–Trinajstić information content (AvgIpc) is 2.26. The van der Waals surface area contributed by atoms with Crippen LogP contribution in [0.1, 0.15) is 32.4 Å². The summed E-state index contributed by atoms with van der Waals surface area (Å²) in [6.07, 6.45) is 0. The molecule has 1 N–H and O–H groups in total. The summed E-state index contributed by atoms with van der Waals surface area (Å²) < 4.78 is 13.3. The van der Waals surface area contributed by atoms with Gasteiger partial charge >= 0.3 is 0 Å². The van der Waals surface area contributed by atoms with E-state index in [0.717, 1.165) is 17.8 Å². The Labute approximate surface area is 104 Å². The first-order chi connectivity index (χ1) is 7.95. The Morgan fingerprint density at radius 3 is 2.47 bits per heavy atom. The number of halogens is 1. The van der Waals surface area contributed by atoms with E-state index in [-0.39, 0.29) is 11.9 Å². The molecule has 1 aromatic rings. The summed E-state index contributed by atoms with van der Waals surface area (Å²) >= 11 is 0. The lowest BCUT2D eigenvalue weighted by atomic mass is 10.0. The maximum Gasteiger partial charge on any atom is 0.123 e. The molecular formula is C14H23FN2. The lowest BCUT2D eigenvalue weighted by molar-refractivity contribution is 0.600. The van der Waals surface area contributed by atoms with Gasteiger partial charge in [0.15, 0.2) is 0 Å². The molecule has 0 bridgehead atoms. The molecule has 96 valence electrons. The highest BCUT2D eigenvalue weighted by molar-refractivity contribution is 5.54. The topological polar surface area (TPSA) is 15.3 Å². The Kier molecular flexibility index (Phi) is 4.94. The molecule has 0 aliphatic carbocycles. The van der Waals surface area contributed by atoms with E-state index < -0.39 is 0 Å². The van der Waals surface area contributed by atoms with Crippen LogP contribution < -0.4 is 10.2 Å². The van der Waals surface area contributed by atoms with E-state index in [2.05, 4.69) is 31.1 Å². The highest BCUT2D eigenvalue weighted by Crippen LogP contribution is 2.26. The second-order valence-corrected chi connectivity index (χ2v) is 4.99. The molecule has 0 saturated carbocycles. The molecular weight excluding hydrogens is 215 g/mol. The van der Waals surface area contributed by atoms with E-state index >= 15 is 0 Å². The molecule has 1 rings (SSSR count). The van der Waals surface area contributed by atoms with Gasteiger partial charge in [0, 0.05) is 25.3 Å². The molecule has 0 saturated heterocycles. The zero-order valence-electron chi connectivity index (χ0n) is 11.4. The largest absolute Gasteiger partial charge is 0.374 e. The van der Waals surface area contributed by atoms with E-state index in [1.807, 2.05) is 20.0 Å². The predicted octanol–water partition coefficient (Wildman–Crippen LogP) is 3.20. The number of hydrogen-bond acceptors (Lipinski definition) is 2. The maximum absolute atomic E-state index is 13.3. The quantitative estimate of drug-likeness (QED) is 0.847. The standard InChI is InChI=1S/C14H23FN2/c1-10(2)9-17(5)14-7-6-12(15)8-13(14)11(3)16-4/h6-8,10-11,16H,9H2,1-5H3. The minimum atomic E-state index is -0.177. The highest BCUT2D eigenvalue weighted by Gasteiger charge is 2.14. The van der Waals surface area contributed by atoms with E-state index in [9.17, 15) is 4.39 Å². The summed E-state index contributed by atoms with van der Waals surface area (Å²) in [6, 6.07) is 5.15. The first-order valence-electron chi connectivity index (χ1n) is 6.13. The minimum Gasteiger partial charge on any atom is -0.374 e. The van der Waals surface area contributed by atoms with Crippen LogP contribution in [0.3, 0.4) is 0 Å². The number of nitrogens with zero attached hydrogens (tertiary/aromatic N) is 1. The summed E-state index contributed by atoms with van der Waals surface area (Å²) in [5.74, 6) is 0.409. The van der Waals surface area contributed by atoms with Crippen LogP contribution in [0.5, 0.6) is 0 Å². The fourth-order valence-electron chi connectivity index (χ4n) is 2.02. The molecule has 0 amide bonds. The number of anilines is 1. The first-order valence-corrected chi connectivity index (χ1v) is 6.13. The highest BCUT2D eigenvalue weighted by atomic mass is 19.1. The summed E-state index contributed by atoms with van der Waals surface area (Å²) in [5.41, 5.74) is 2.11. The van der Waals surface area contributed by atoms with E-state index in [1.165, 1.54) is 6.07 Å².